The van der Waals surface area contributed by atoms with E-state index in [1.165, 1.54) is 39.6 Å². The minimum Gasteiger partial charge on any atom is -0.381 e. The summed E-state index contributed by atoms with van der Waals surface area (Å²) in [5.41, 5.74) is -0.101. The number of nitrogens with zero attached hydrogens (tertiary/aromatic N) is 4. The molecule has 168 valence electrons. The van der Waals surface area contributed by atoms with Crippen molar-refractivity contribution in [1.29, 1.82) is 0 Å². The summed E-state index contributed by atoms with van der Waals surface area (Å²) in [6, 6.07) is 14.0. The summed E-state index contributed by atoms with van der Waals surface area (Å²) in [4.78, 5) is 20.3. The topological polar surface area (TPSA) is 71.2 Å². The standard InChI is InChI=1S/C24H20F2N4O2S/c1-15(24(32,12-29-14-27-13-28-29)19-8-7-18(25)10-20(19)26)30-11-17-9-21(33-22(17)23(30)31)16-5-3-2-4-6-16/h2-10,13-15,32H,11-12H2,1H3/t15-,24-/m1/s1. The van der Waals surface area contributed by atoms with Crippen molar-refractivity contribution in [3.63, 3.8) is 0 Å². The van der Waals surface area contributed by atoms with E-state index in [-0.39, 0.29) is 24.6 Å². The zero-order valence-corrected chi connectivity index (χ0v) is 18.5. The molecule has 0 radical (unpaired) electrons. The molecule has 33 heavy (non-hydrogen) atoms. The van der Waals surface area contributed by atoms with Gasteiger partial charge in [-0.2, -0.15) is 5.10 Å². The molecule has 0 spiro atoms. The van der Waals surface area contributed by atoms with Crippen molar-refractivity contribution in [2.45, 2.75) is 31.7 Å². The van der Waals surface area contributed by atoms with Crippen molar-refractivity contribution >= 4 is 17.2 Å². The molecule has 9 heteroatoms. The molecule has 4 aromatic rings. The maximum absolute atomic E-state index is 14.8. The summed E-state index contributed by atoms with van der Waals surface area (Å²) in [5, 5.41) is 15.8. The van der Waals surface area contributed by atoms with E-state index in [0.29, 0.717) is 4.88 Å². The Morgan fingerprint density at radius 1 is 1.18 bits per heavy atom. The van der Waals surface area contributed by atoms with Gasteiger partial charge < -0.3 is 10.0 Å². The number of halogens is 2. The summed E-state index contributed by atoms with van der Waals surface area (Å²) in [5.74, 6) is -1.87. The summed E-state index contributed by atoms with van der Waals surface area (Å²) in [6.07, 6.45) is 2.70. The molecule has 2 aromatic carbocycles. The molecule has 1 aliphatic heterocycles. The normalized spacial score (nSPS) is 16.0. The quantitative estimate of drug-likeness (QED) is 0.462. The number of carbonyl (C=O) groups is 1. The van der Waals surface area contributed by atoms with Gasteiger partial charge in [-0.1, -0.05) is 36.4 Å². The van der Waals surface area contributed by atoms with E-state index in [4.69, 9.17) is 0 Å². The predicted molar refractivity (Wildman–Crippen MR) is 119 cm³/mol. The third-order valence-corrected chi connectivity index (χ3v) is 7.30. The van der Waals surface area contributed by atoms with Crippen molar-refractivity contribution < 1.29 is 18.7 Å². The second-order valence-electron chi connectivity index (χ2n) is 8.08. The molecule has 1 N–H and O–H groups in total. The van der Waals surface area contributed by atoms with Crippen LogP contribution < -0.4 is 0 Å². The Balaban J connectivity index is 1.49. The lowest BCUT2D eigenvalue weighted by Crippen LogP contribution is -2.52. The molecule has 0 bridgehead atoms. The molecule has 3 heterocycles. The summed E-state index contributed by atoms with van der Waals surface area (Å²) < 4.78 is 29.8. The Morgan fingerprint density at radius 3 is 2.64 bits per heavy atom. The highest BCUT2D eigenvalue weighted by Crippen LogP contribution is 2.41. The van der Waals surface area contributed by atoms with Crippen LogP contribution in [0.2, 0.25) is 0 Å². The van der Waals surface area contributed by atoms with Crippen molar-refractivity contribution in [3.8, 4) is 10.4 Å². The maximum atomic E-state index is 14.8. The molecule has 0 saturated heterocycles. The fraction of sp³-hybridized carbons (Fsp3) is 0.208. The fourth-order valence-corrected chi connectivity index (χ4v) is 5.41. The third-order valence-electron chi connectivity index (χ3n) is 6.09. The zero-order valence-electron chi connectivity index (χ0n) is 17.7. The summed E-state index contributed by atoms with van der Waals surface area (Å²) >= 11 is 1.40. The molecular formula is C24H20F2N4O2S. The van der Waals surface area contributed by atoms with Gasteiger partial charge in [0.25, 0.3) is 5.91 Å². The number of hydrogen-bond acceptors (Lipinski definition) is 5. The van der Waals surface area contributed by atoms with Crippen LogP contribution in [0.25, 0.3) is 10.4 Å². The first-order valence-corrected chi connectivity index (χ1v) is 11.2. The molecule has 1 aliphatic rings. The molecule has 0 unspecified atom stereocenters. The molecule has 1 amide bonds. The van der Waals surface area contributed by atoms with Gasteiger partial charge in [-0.15, -0.1) is 11.3 Å². The minimum atomic E-state index is -1.88. The number of aromatic nitrogens is 3. The zero-order chi connectivity index (χ0) is 23.2. The largest absolute Gasteiger partial charge is 0.381 e. The van der Waals surface area contributed by atoms with Crippen LogP contribution in [0.5, 0.6) is 0 Å². The van der Waals surface area contributed by atoms with Gasteiger partial charge in [-0.3, -0.25) is 4.79 Å². The van der Waals surface area contributed by atoms with Crippen LogP contribution in [0.3, 0.4) is 0 Å². The Bertz CT molecular complexity index is 1310. The number of thiophene rings is 1. The van der Waals surface area contributed by atoms with Gasteiger partial charge in [-0.25, -0.2) is 18.4 Å². The highest BCUT2D eigenvalue weighted by atomic mass is 32.1. The third kappa shape index (κ3) is 3.73. The average molecular weight is 467 g/mol. The van der Waals surface area contributed by atoms with Gasteiger partial charge in [0.1, 0.15) is 29.9 Å². The second-order valence-corrected chi connectivity index (χ2v) is 9.13. The number of benzene rings is 2. The lowest BCUT2D eigenvalue weighted by Gasteiger charge is -2.39. The van der Waals surface area contributed by atoms with Crippen LogP contribution in [-0.4, -0.2) is 36.7 Å². The first-order valence-electron chi connectivity index (χ1n) is 10.4. The van der Waals surface area contributed by atoms with Crippen LogP contribution in [-0.2, 0) is 18.7 Å². The van der Waals surface area contributed by atoms with E-state index < -0.39 is 23.3 Å². The molecule has 6 nitrogen and oxygen atoms in total. The van der Waals surface area contributed by atoms with E-state index >= 15 is 0 Å². The molecule has 0 aliphatic carbocycles. The van der Waals surface area contributed by atoms with Crippen molar-refractivity contribution in [1.82, 2.24) is 19.7 Å². The molecule has 0 fully saturated rings. The van der Waals surface area contributed by atoms with Gasteiger partial charge in [-0.05, 0) is 30.2 Å². The Hall–Kier alpha value is -3.43. The Kier molecular flexibility index (Phi) is 5.30. The smallest absolute Gasteiger partial charge is 0.264 e. The first kappa shape index (κ1) is 21.4. The van der Waals surface area contributed by atoms with E-state index in [1.807, 2.05) is 36.4 Å². The molecule has 2 atom stereocenters. The van der Waals surface area contributed by atoms with Crippen molar-refractivity contribution in [2.75, 3.05) is 0 Å². The van der Waals surface area contributed by atoms with Crippen LogP contribution in [0.15, 0.2) is 67.3 Å². The van der Waals surface area contributed by atoms with E-state index in [2.05, 4.69) is 10.1 Å². The second kappa shape index (κ2) is 8.17. The van der Waals surface area contributed by atoms with Gasteiger partial charge in [0.15, 0.2) is 0 Å². The first-order chi connectivity index (χ1) is 15.9. The van der Waals surface area contributed by atoms with Crippen LogP contribution in [0.1, 0.15) is 27.7 Å². The maximum Gasteiger partial charge on any atom is 0.264 e. The lowest BCUT2D eigenvalue weighted by atomic mass is 9.85. The van der Waals surface area contributed by atoms with Crippen molar-refractivity contribution in [3.05, 3.63) is 94.9 Å². The van der Waals surface area contributed by atoms with E-state index in [1.54, 1.807) is 6.92 Å². The molecule has 0 saturated carbocycles. The van der Waals surface area contributed by atoms with E-state index in [9.17, 15) is 18.7 Å². The number of rotatable bonds is 6. The van der Waals surface area contributed by atoms with Gasteiger partial charge >= 0.3 is 0 Å². The van der Waals surface area contributed by atoms with E-state index in [0.717, 1.165) is 28.1 Å². The highest BCUT2D eigenvalue weighted by Gasteiger charge is 2.46. The number of aliphatic hydroxyl groups is 1. The molecule has 5 rings (SSSR count). The monoisotopic (exact) mass is 466 g/mol. The summed E-state index contributed by atoms with van der Waals surface area (Å²) in [6.45, 7) is 1.77. The predicted octanol–water partition coefficient (Wildman–Crippen LogP) is 4.22. The van der Waals surface area contributed by atoms with Crippen LogP contribution in [0, 0.1) is 11.6 Å². The SMILES string of the molecule is C[C@@H](N1Cc2cc(-c3ccccc3)sc2C1=O)[C@](O)(Cn1cncn1)c1ccc(F)cc1F. The Labute approximate surface area is 192 Å². The highest BCUT2D eigenvalue weighted by molar-refractivity contribution is 7.17. The van der Waals surface area contributed by atoms with Crippen molar-refractivity contribution in [2.24, 2.45) is 0 Å². The molecular weight excluding hydrogens is 446 g/mol. The van der Waals surface area contributed by atoms with Crippen LogP contribution in [0.4, 0.5) is 8.78 Å². The minimum absolute atomic E-state index is 0.111. The van der Waals surface area contributed by atoms with Crippen LogP contribution >= 0.6 is 11.3 Å². The van der Waals surface area contributed by atoms with Gasteiger partial charge in [0.05, 0.1) is 17.5 Å². The summed E-state index contributed by atoms with van der Waals surface area (Å²) in [7, 11) is 0. The Morgan fingerprint density at radius 2 is 1.97 bits per heavy atom. The van der Waals surface area contributed by atoms with Gasteiger partial charge in [0, 0.05) is 23.1 Å². The molecule has 2 aromatic heterocycles. The number of fused-ring (bicyclic) bond motifs is 1. The lowest BCUT2D eigenvalue weighted by molar-refractivity contribution is -0.0556. The average Bonchev–Trinajstić information content (AvgIpc) is 3.52. The number of amides is 1. The van der Waals surface area contributed by atoms with Gasteiger partial charge in [0.2, 0.25) is 0 Å². The number of hydrogen-bond donors (Lipinski definition) is 1. The number of carbonyl (C=O) groups excluding carboxylic acids is 1. The fourth-order valence-electron chi connectivity index (χ4n) is 4.27.